The molecule has 7 heterocycles. The second-order valence-electron chi connectivity index (χ2n) is 27.4. The maximum absolute atomic E-state index is 13.1. The van der Waals surface area contributed by atoms with Crippen molar-refractivity contribution >= 4 is 101 Å². The molecule has 12 rings (SSSR count). The first kappa shape index (κ1) is 70.1. The fourth-order valence-corrected chi connectivity index (χ4v) is 49.8. The number of ether oxygens (including phenoxy) is 10. The second kappa shape index (κ2) is 31.5. The summed E-state index contributed by atoms with van der Waals surface area (Å²) in [7, 11) is -18.1. The number of hydrogen-bond donors (Lipinski definition) is 0. The monoisotopic (exact) mass is 1390 g/mol. The highest BCUT2D eigenvalue weighted by atomic mass is 28.5. The molecule has 7 saturated heterocycles. The van der Waals surface area contributed by atoms with Gasteiger partial charge in [0.15, 0.2) is 0 Å². The maximum Gasteiger partial charge on any atom is 0.317 e. The molecule has 12 fully saturated rings. The summed E-state index contributed by atoms with van der Waals surface area (Å²) in [6.07, 6.45) is 19.1. The van der Waals surface area contributed by atoms with Gasteiger partial charge in [0.1, 0.15) is 6.61 Å². The quantitative estimate of drug-likeness (QED) is 0.0246. The van der Waals surface area contributed by atoms with E-state index in [2.05, 4.69) is 32.8 Å². The van der Waals surface area contributed by atoms with E-state index in [1.807, 2.05) is 26.2 Å². The minimum Gasteiger partial charge on any atom is -0.465 e. The number of epoxide rings is 5. The van der Waals surface area contributed by atoms with E-state index in [0.717, 1.165) is 96.3 Å². The zero-order valence-corrected chi connectivity index (χ0v) is 62.6. The Morgan fingerprint density at radius 1 is 0.360 bits per heavy atom. The maximum atomic E-state index is 13.1. The zero-order valence-electron chi connectivity index (χ0n) is 53.9. The van der Waals surface area contributed by atoms with Gasteiger partial charge in [-0.2, -0.15) is 0 Å². The van der Waals surface area contributed by atoms with E-state index < -0.39 is 71.4 Å². The van der Waals surface area contributed by atoms with Crippen LogP contribution in [0.3, 0.4) is 0 Å². The van der Waals surface area contributed by atoms with E-state index in [1.54, 1.807) is 6.08 Å². The Kier molecular flexibility index (Phi) is 24.8. The van der Waals surface area contributed by atoms with Crippen molar-refractivity contribution < 1.29 is 104 Å². The molecule has 15 unspecified atom stereocenters. The van der Waals surface area contributed by atoms with Gasteiger partial charge in [0.25, 0.3) is 37.1 Å². The molecule has 15 atom stereocenters. The molecule has 89 heavy (non-hydrogen) atoms. The molecule has 504 valence electrons. The predicted molar refractivity (Wildman–Crippen MR) is 340 cm³/mol. The lowest BCUT2D eigenvalue weighted by Crippen LogP contribution is -2.67. The Balaban J connectivity index is 0.000000287. The summed E-state index contributed by atoms with van der Waals surface area (Å²) in [6, 6.07) is 2.22. The first-order valence-electron chi connectivity index (χ1n) is 33.7. The van der Waals surface area contributed by atoms with Gasteiger partial charge in [-0.3, -0.25) is 24.0 Å². The lowest BCUT2D eigenvalue weighted by atomic mass is 9.89. The first-order valence-corrected chi connectivity index (χ1v) is 52.2. The molecule has 5 aliphatic carbocycles. The van der Waals surface area contributed by atoms with Crippen LogP contribution in [0.2, 0.25) is 76.6 Å². The average Bonchev–Trinajstić information content (AvgIpc) is 1.99. The summed E-state index contributed by atoms with van der Waals surface area (Å²) in [6.45, 7) is 21.3. The summed E-state index contributed by atoms with van der Waals surface area (Å²) in [4.78, 5) is 63.7. The molecule has 23 nitrogen and oxygen atoms in total. The molecule has 0 aromatic rings. The first-order chi connectivity index (χ1) is 42.5. The zero-order chi connectivity index (χ0) is 63.1. The Morgan fingerprint density at radius 2 is 0.573 bits per heavy atom. The van der Waals surface area contributed by atoms with E-state index >= 15 is 0 Å². The van der Waals surface area contributed by atoms with Crippen LogP contribution in [0, 0.1) is 29.6 Å². The van der Waals surface area contributed by atoms with E-state index in [0.29, 0.717) is 93.1 Å². The molecule has 31 heteroatoms. The number of esters is 5. The molecular weight excluding hydrogens is 1290 g/mol. The third-order valence-corrected chi connectivity index (χ3v) is 50.5. The Hall–Kier alpha value is -1.69. The van der Waals surface area contributed by atoms with Crippen LogP contribution in [0.4, 0.5) is 0 Å². The average molecular weight is 1390 g/mol. The summed E-state index contributed by atoms with van der Waals surface area (Å²) in [5.41, 5.74) is 0. The van der Waals surface area contributed by atoms with Crippen LogP contribution < -0.4 is 0 Å². The molecule has 5 saturated carbocycles. The Labute approximate surface area is 537 Å². The van der Waals surface area contributed by atoms with Crippen molar-refractivity contribution in [1.82, 2.24) is 0 Å². The Morgan fingerprint density at radius 3 is 0.775 bits per heavy atom. The van der Waals surface area contributed by atoms with Gasteiger partial charge in [0.05, 0.1) is 117 Å². The third kappa shape index (κ3) is 21.4. The van der Waals surface area contributed by atoms with Crippen LogP contribution in [-0.2, 0) is 104 Å². The van der Waals surface area contributed by atoms with Crippen LogP contribution in [-0.4, -0.2) is 195 Å². The van der Waals surface area contributed by atoms with Crippen molar-refractivity contribution in [3.05, 3.63) is 12.7 Å². The van der Waals surface area contributed by atoms with E-state index in [-0.39, 0.29) is 110 Å². The minimum atomic E-state index is -3.11. The van der Waals surface area contributed by atoms with Crippen molar-refractivity contribution in [2.24, 2.45) is 29.6 Å². The van der Waals surface area contributed by atoms with Crippen LogP contribution in [0.5, 0.6) is 0 Å². The molecule has 0 bridgehead atoms. The van der Waals surface area contributed by atoms with Crippen LogP contribution in [0.1, 0.15) is 122 Å². The summed E-state index contributed by atoms with van der Waals surface area (Å²) in [5.74, 6) is -1.21. The van der Waals surface area contributed by atoms with Crippen molar-refractivity contribution in [3.8, 4) is 0 Å². The molecule has 0 N–H and O–H groups in total. The fourth-order valence-electron chi connectivity index (χ4n) is 14.6. The number of fused-ring (bicyclic) bond motifs is 5. The van der Waals surface area contributed by atoms with Crippen molar-refractivity contribution in [2.45, 2.75) is 260 Å². The van der Waals surface area contributed by atoms with Crippen LogP contribution >= 0.6 is 0 Å². The molecule has 12 aliphatic rings. The van der Waals surface area contributed by atoms with Gasteiger partial charge in [-0.25, -0.2) is 0 Å². The summed E-state index contributed by atoms with van der Waals surface area (Å²) >= 11 is 0. The largest absolute Gasteiger partial charge is 0.465 e. The van der Waals surface area contributed by atoms with Gasteiger partial charge >= 0.3 is 64.1 Å². The highest BCUT2D eigenvalue weighted by Gasteiger charge is 2.57. The van der Waals surface area contributed by atoms with E-state index in [1.165, 1.54) is 0 Å². The predicted octanol–water partition coefficient (Wildman–Crippen LogP) is 7.11. The molecule has 0 aromatic heterocycles. The fraction of sp³-hybridized carbons (Fsp3) is 0.879. The summed E-state index contributed by atoms with van der Waals surface area (Å²) < 4.78 is 108. The minimum absolute atomic E-state index is 0.0590. The van der Waals surface area contributed by atoms with Crippen molar-refractivity contribution in [1.29, 1.82) is 0 Å². The number of carbonyl (C=O) groups excluding carboxylic acids is 5. The highest BCUT2D eigenvalue weighted by Crippen LogP contribution is 2.45. The van der Waals surface area contributed by atoms with E-state index in [4.69, 9.17) is 80.3 Å². The van der Waals surface area contributed by atoms with Gasteiger partial charge in [-0.15, -0.1) is 0 Å². The van der Waals surface area contributed by atoms with Gasteiger partial charge in [-0.05, 0) is 199 Å². The van der Waals surface area contributed by atoms with Crippen molar-refractivity contribution in [2.75, 3.05) is 33.0 Å². The smallest absolute Gasteiger partial charge is 0.317 e. The topological polar surface area (TPSA) is 268 Å². The van der Waals surface area contributed by atoms with Gasteiger partial charge < -0.3 is 80.3 Å². The van der Waals surface area contributed by atoms with Crippen LogP contribution in [0.25, 0.3) is 0 Å². The lowest BCUT2D eigenvalue weighted by Gasteiger charge is -2.50. The van der Waals surface area contributed by atoms with Gasteiger partial charge in [0, 0.05) is 0 Å². The van der Waals surface area contributed by atoms with Gasteiger partial charge in [0.2, 0.25) is 0 Å². The van der Waals surface area contributed by atoms with E-state index in [9.17, 15) is 24.0 Å². The molecule has 7 aliphatic heterocycles. The SMILES string of the molecule is C=CCOC(=O)C1CCC2OC2C1.C[SiH]1O[SiH](C)O[SiH](C)O[SiH](C)O1.C[Si]1(CCCOC(=O)C2CCC3OC3C2)O[Si](C)(CCCOC(=O)C2CCC3OC3C2)O[Si](C)(CCCOC(=O)C2CCC3OC3C2)O[Si](C)(CCCOC(=O)C2CCC3OC3C2)O1. The third-order valence-electron chi connectivity index (χ3n) is 19.4. The number of carbonyl (C=O) groups is 5. The second-order valence-corrected chi connectivity index (χ2v) is 50.6. The highest BCUT2D eigenvalue weighted by molar-refractivity contribution is 6.94. The van der Waals surface area contributed by atoms with Gasteiger partial charge in [-0.1, -0.05) is 12.7 Å². The standard InChI is InChI=1S/C44H72O16Si4.C10H14O3.C4H16O4Si4/c1-61(21-5-17-49-41(45)29-9-13-33-37(25-29)53-33)57-62(2,22-6-18-50-42(46)30-10-14-34-38(26-30)54-34)59-64(4,24-8-20-52-44(48)32-12-16-36-40(28-32)56-36)60-63(3,58-61)23-7-19-51-43(47)31-11-15-35-39(27-31)55-35;1-2-5-12-10(11)7-3-4-8-9(6-7)13-8;1-9-5-10(2)7-12(4)8-11(3)6-9/h29-40H,5-28H2,1-4H3;2,7-9H,1,3-6H2;9-12H,1-4H3. The molecular formula is C58H102O23Si8. The van der Waals surface area contributed by atoms with Crippen molar-refractivity contribution in [3.63, 3.8) is 0 Å². The number of hydrogen-bond acceptors (Lipinski definition) is 23. The lowest BCUT2D eigenvalue weighted by molar-refractivity contribution is -0.150. The number of rotatable bonds is 23. The molecule has 0 aromatic carbocycles. The summed E-state index contributed by atoms with van der Waals surface area (Å²) in [5, 5.41) is 0. The normalized spacial score (nSPS) is 42.9. The molecule has 0 spiro atoms. The molecule has 0 amide bonds. The van der Waals surface area contributed by atoms with Crippen LogP contribution in [0.15, 0.2) is 12.7 Å². The molecule has 0 radical (unpaired) electrons. The Bertz CT molecular complexity index is 2130.